The molecule has 1 aliphatic carbocycles. The van der Waals surface area contributed by atoms with Crippen LogP contribution < -0.4 is 4.90 Å². The monoisotopic (exact) mass is 311 g/mol. The van der Waals surface area contributed by atoms with E-state index in [1.54, 1.807) is 14.0 Å². The number of ether oxygens (including phenoxy) is 1. The maximum Gasteiger partial charge on any atom is 0.161 e. The van der Waals surface area contributed by atoms with Gasteiger partial charge in [-0.1, -0.05) is 15.9 Å². The Hall–Kier alpha value is -0.870. The zero-order chi connectivity index (χ0) is 13.1. The number of carbonyl (C=O) groups excluding carboxylic acids is 1. The Kier molecular flexibility index (Phi) is 4.40. The summed E-state index contributed by atoms with van der Waals surface area (Å²) in [6.07, 6.45) is 2.40. The van der Waals surface area contributed by atoms with Gasteiger partial charge < -0.3 is 9.64 Å². The van der Waals surface area contributed by atoms with Crippen molar-refractivity contribution in [2.75, 3.05) is 25.2 Å². The van der Waals surface area contributed by atoms with Crippen LogP contribution >= 0.6 is 15.9 Å². The molecule has 1 saturated carbocycles. The number of benzene rings is 1. The number of halogens is 1. The molecule has 0 aromatic heterocycles. The summed E-state index contributed by atoms with van der Waals surface area (Å²) in [7, 11) is 1.71. The fourth-order valence-corrected chi connectivity index (χ4v) is 2.46. The highest BCUT2D eigenvalue weighted by molar-refractivity contribution is 9.10. The van der Waals surface area contributed by atoms with Crippen LogP contribution in [0.4, 0.5) is 5.69 Å². The minimum Gasteiger partial charge on any atom is -0.383 e. The van der Waals surface area contributed by atoms with Crippen molar-refractivity contribution in [2.24, 2.45) is 0 Å². The molecule has 18 heavy (non-hydrogen) atoms. The molecule has 1 aromatic carbocycles. The fourth-order valence-electron chi connectivity index (χ4n) is 2.12. The molecule has 0 radical (unpaired) electrons. The Morgan fingerprint density at radius 2 is 2.22 bits per heavy atom. The van der Waals surface area contributed by atoms with Gasteiger partial charge in [0.2, 0.25) is 0 Å². The molecule has 1 aromatic rings. The van der Waals surface area contributed by atoms with E-state index < -0.39 is 0 Å². The molecule has 98 valence electrons. The highest BCUT2D eigenvalue weighted by Gasteiger charge is 2.30. The van der Waals surface area contributed by atoms with Crippen molar-refractivity contribution in [3.8, 4) is 0 Å². The Morgan fingerprint density at radius 1 is 1.50 bits per heavy atom. The van der Waals surface area contributed by atoms with E-state index in [0.717, 1.165) is 22.3 Å². The zero-order valence-corrected chi connectivity index (χ0v) is 12.4. The quantitative estimate of drug-likeness (QED) is 0.755. The minimum atomic E-state index is 0.112. The van der Waals surface area contributed by atoms with Crippen LogP contribution in [0.25, 0.3) is 0 Å². The first-order valence-corrected chi connectivity index (χ1v) is 6.99. The third kappa shape index (κ3) is 3.12. The lowest BCUT2D eigenvalue weighted by atomic mass is 10.1. The summed E-state index contributed by atoms with van der Waals surface area (Å²) >= 11 is 3.48. The van der Waals surface area contributed by atoms with E-state index in [2.05, 4.69) is 20.8 Å². The number of anilines is 1. The van der Waals surface area contributed by atoms with Gasteiger partial charge in [0.15, 0.2) is 5.78 Å². The predicted molar refractivity (Wildman–Crippen MR) is 76.4 cm³/mol. The third-order valence-corrected chi connectivity index (χ3v) is 3.67. The molecule has 0 saturated heterocycles. The second-order valence-corrected chi connectivity index (χ2v) is 5.55. The van der Waals surface area contributed by atoms with Crippen LogP contribution in [-0.2, 0) is 4.74 Å². The van der Waals surface area contributed by atoms with Crippen molar-refractivity contribution in [3.63, 3.8) is 0 Å². The minimum absolute atomic E-state index is 0.112. The van der Waals surface area contributed by atoms with Gasteiger partial charge in [-0.2, -0.15) is 0 Å². The van der Waals surface area contributed by atoms with Gasteiger partial charge in [0.1, 0.15) is 0 Å². The standard InChI is InChI=1S/C14H18BrNO2/c1-10(17)13-6-3-11(15)9-14(13)16(7-8-18-2)12-4-5-12/h3,6,9,12H,4-5,7-8H2,1-2H3. The SMILES string of the molecule is COCCN(c1cc(Br)ccc1C(C)=O)C1CC1. The van der Waals surface area contributed by atoms with Gasteiger partial charge in [-0.25, -0.2) is 0 Å². The molecule has 0 N–H and O–H groups in total. The molecule has 4 heteroatoms. The second kappa shape index (κ2) is 5.85. The summed E-state index contributed by atoms with van der Waals surface area (Å²) in [5.74, 6) is 0.112. The number of ketones is 1. The largest absolute Gasteiger partial charge is 0.383 e. The number of methoxy groups -OCH3 is 1. The molecule has 0 bridgehead atoms. The van der Waals surface area contributed by atoms with Gasteiger partial charge >= 0.3 is 0 Å². The van der Waals surface area contributed by atoms with Crippen LogP contribution in [0.3, 0.4) is 0 Å². The summed E-state index contributed by atoms with van der Waals surface area (Å²) in [4.78, 5) is 14.0. The molecular weight excluding hydrogens is 294 g/mol. The lowest BCUT2D eigenvalue weighted by Gasteiger charge is -2.26. The number of rotatable bonds is 6. The summed E-state index contributed by atoms with van der Waals surface area (Å²) < 4.78 is 6.17. The highest BCUT2D eigenvalue weighted by Crippen LogP contribution is 2.35. The molecule has 0 amide bonds. The fraction of sp³-hybridized carbons (Fsp3) is 0.500. The summed E-state index contributed by atoms with van der Waals surface area (Å²) in [5.41, 5.74) is 1.82. The van der Waals surface area contributed by atoms with Crippen molar-refractivity contribution >= 4 is 27.4 Å². The van der Waals surface area contributed by atoms with Gasteiger partial charge in [-0.3, -0.25) is 4.79 Å². The molecule has 0 aliphatic heterocycles. The van der Waals surface area contributed by atoms with Gasteiger partial charge in [0.05, 0.1) is 6.61 Å². The average molecular weight is 312 g/mol. The number of hydrogen-bond acceptors (Lipinski definition) is 3. The molecule has 1 fully saturated rings. The van der Waals surface area contributed by atoms with Crippen molar-refractivity contribution in [2.45, 2.75) is 25.8 Å². The van der Waals surface area contributed by atoms with Crippen molar-refractivity contribution in [1.82, 2.24) is 0 Å². The van der Waals surface area contributed by atoms with E-state index in [0.29, 0.717) is 12.6 Å². The number of Topliss-reactive ketones (excluding diaryl/α,β-unsaturated/α-hetero) is 1. The van der Waals surface area contributed by atoms with E-state index >= 15 is 0 Å². The topological polar surface area (TPSA) is 29.5 Å². The summed E-state index contributed by atoms with van der Waals surface area (Å²) in [6.45, 7) is 3.13. The molecule has 0 heterocycles. The van der Waals surface area contributed by atoms with E-state index in [-0.39, 0.29) is 5.78 Å². The Morgan fingerprint density at radius 3 is 2.78 bits per heavy atom. The second-order valence-electron chi connectivity index (χ2n) is 4.64. The van der Waals surface area contributed by atoms with Crippen LogP contribution in [0.15, 0.2) is 22.7 Å². The first-order valence-electron chi connectivity index (χ1n) is 6.19. The van der Waals surface area contributed by atoms with E-state index in [9.17, 15) is 4.79 Å². The van der Waals surface area contributed by atoms with E-state index in [4.69, 9.17) is 4.74 Å². The molecular formula is C14H18BrNO2. The lowest BCUT2D eigenvalue weighted by Crippen LogP contribution is -2.30. The van der Waals surface area contributed by atoms with Crippen LogP contribution in [-0.4, -0.2) is 32.1 Å². The van der Waals surface area contributed by atoms with E-state index in [1.807, 2.05) is 18.2 Å². The Labute approximate surface area is 116 Å². The number of hydrogen-bond donors (Lipinski definition) is 0. The molecule has 2 rings (SSSR count). The van der Waals surface area contributed by atoms with Crippen LogP contribution in [0.5, 0.6) is 0 Å². The molecule has 3 nitrogen and oxygen atoms in total. The van der Waals surface area contributed by atoms with Crippen molar-refractivity contribution in [1.29, 1.82) is 0 Å². The maximum absolute atomic E-state index is 11.7. The van der Waals surface area contributed by atoms with Gasteiger partial charge in [-0.15, -0.1) is 0 Å². The van der Waals surface area contributed by atoms with Crippen LogP contribution in [0.1, 0.15) is 30.1 Å². The smallest absolute Gasteiger partial charge is 0.161 e. The van der Waals surface area contributed by atoms with Crippen LogP contribution in [0, 0.1) is 0 Å². The van der Waals surface area contributed by atoms with Gasteiger partial charge in [-0.05, 0) is 38.0 Å². The first kappa shape index (κ1) is 13.6. The van der Waals surface area contributed by atoms with Crippen LogP contribution in [0.2, 0.25) is 0 Å². The molecule has 0 spiro atoms. The zero-order valence-electron chi connectivity index (χ0n) is 10.8. The number of carbonyl (C=O) groups is 1. The Balaban J connectivity index is 2.32. The third-order valence-electron chi connectivity index (χ3n) is 3.17. The van der Waals surface area contributed by atoms with Crippen molar-refractivity contribution < 1.29 is 9.53 Å². The summed E-state index contributed by atoms with van der Waals surface area (Å²) in [6, 6.07) is 6.41. The Bertz CT molecular complexity index is 443. The van der Waals surface area contributed by atoms with Gasteiger partial charge in [0.25, 0.3) is 0 Å². The normalized spacial score (nSPS) is 14.6. The molecule has 0 atom stereocenters. The highest BCUT2D eigenvalue weighted by atomic mass is 79.9. The first-order chi connectivity index (χ1) is 8.63. The number of nitrogens with zero attached hydrogens (tertiary/aromatic N) is 1. The summed E-state index contributed by atoms with van der Waals surface area (Å²) in [5, 5.41) is 0. The van der Waals surface area contributed by atoms with E-state index in [1.165, 1.54) is 12.8 Å². The lowest BCUT2D eigenvalue weighted by molar-refractivity contribution is 0.101. The maximum atomic E-state index is 11.7. The van der Waals surface area contributed by atoms with Gasteiger partial charge in [0, 0.05) is 35.4 Å². The average Bonchev–Trinajstić information content (AvgIpc) is 3.13. The molecule has 0 unspecified atom stereocenters. The predicted octanol–water partition coefficient (Wildman–Crippen LogP) is 3.27. The van der Waals surface area contributed by atoms with Crippen molar-refractivity contribution in [3.05, 3.63) is 28.2 Å². The molecule has 1 aliphatic rings.